The van der Waals surface area contributed by atoms with Crippen molar-refractivity contribution in [2.24, 2.45) is 5.92 Å². The van der Waals surface area contributed by atoms with Gasteiger partial charge in [0.15, 0.2) is 0 Å². The summed E-state index contributed by atoms with van der Waals surface area (Å²) in [5.74, 6) is 0.536. The SMILES string of the molecule is CCN(CC1CCC1)S(=O)(=O)c1ccc(Cl)c(CCl)c1Cl. The molecule has 7 heteroatoms. The lowest BCUT2D eigenvalue weighted by molar-refractivity contribution is 0.250. The van der Waals surface area contributed by atoms with Crippen LogP contribution in [0.25, 0.3) is 0 Å². The lowest BCUT2D eigenvalue weighted by Crippen LogP contribution is -2.37. The molecule has 1 saturated carbocycles. The fourth-order valence-corrected chi connectivity index (χ4v) is 5.22. The van der Waals surface area contributed by atoms with Crippen molar-refractivity contribution in [3.05, 3.63) is 27.7 Å². The predicted molar refractivity (Wildman–Crippen MR) is 87.8 cm³/mol. The molecule has 0 unspecified atom stereocenters. The monoisotopic (exact) mass is 369 g/mol. The molecule has 0 amide bonds. The van der Waals surface area contributed by atoms with Crippen LogP contribution in [0.1, 0.15) is 31.7 Å². The molecule has 3 nitrogen and oxygen atoms in total. The normalized spacial score (nSPS) is 16.2. The highest BCUT2D eigenvalue weighted by Crippen LogP contribution is 2.35. The second-order valence-electron chi connectivity index (χ2n) is 5.22. The molecular weight excluding hydrogens is 353 g/mol. The van der Waals surface area contributed by atoms with E-state index in [1.807, 2.05) is 6.92 Å². The van der Waals surface area contributed by atoms with E-state index in [1.165, 1.54) is 22.9 Å². The maximum atomic E-state index is 12.8. The van der Waals surface area contributed by atoms with Crippen molar-refractivity contribution in [2.75, 3.05) is 13.1 Å². The molecule has 2 rings (SSSR count). The molecule has 0 saturated heterocycles. The van der Waals surface area contributed by atoms with Gasteiger partial charge in [0.1, 0.15) is 4.90 Å². The van der Waals surface area contributed by atoms with Gasteiger partial charge in [0.05, 0.1) is 10.9 Å². The molecule has 0 N–H and O–H groups in total. The maximum absolute atomic E-state index is 12.8. The third-order valence-electron chi connectivity index (χ3n) is 3.94. The van der Waals surface area contributed by atoms with Crippen molar-refractivity contribution >= 4 is 44.8 Å². The molecule has 0 atom stereocenters. The molecule has 1 aliphatic rings. The Bertz CT molecular complexity index is 615. The highest BCUT2D eigenvalue weighted by atomic mass is 35.5. The first-order chi connectivity index (χ1) is 9.91. The van der Waals surface area contributed by atoms with Crippen LogP contribution in [0, 0.1) is 5.92 Å². The van der Waals surface area contributed by atoms with Crippen LogP contribution in [0.2, 0.25) is 10.0 Å². The van der Waals surface area contributed by atoms with Gasteiger partial charge in [-0.1, -0.05) is 36.5 Å². The van der Waals surface area contributed by atoms with Gasteiger partial charge in [-0.05, 0) is 30.9 Å². The van der Waals surface area contributed by atoms with Crippen LogP contribution >= 0.6 is 34.8 Å². The minimum atomic E-state index is -3.62. The van der Waals surface area contributed by atoms with Crippen LogP contribution in [0.5, 0.6) is 0 Å². The first-order valence-corrected chi connectivity index (χ1v) is 9.67. The highest BCUT2D eigenvalue weighted by molar-refractivity contribution is 7.89. The number of sulfonamides is 1. The molecule has 0 aromatic heterocycles. The predicted octanol–water partition coefficient (Wildman–Crippen LogP) is 4.54. The topological polar surface area (TPSA) is 37.4 Å². The Kier molecular flexibility index (Phi) is 5.83. The summed E-state index contributed by atoms with van der Waals surface area (Å²) in [6.45, 7) is 2.81. The summed E-state index contributed by atoms with van der Waals surface area (Å²) in [6.07, 6.45) is 3.36. The summed E-state index contributed by atoms with van der Waals surface area (Å²) in [6, 6.07) is 2.99. The quantitative estimate of drug-likeness (QED) is 0.689. The van der Waals surface area contributed by atoms with Gasteiger partial charge in [0.2, 0.25) is 10.0 Å². The lowest BCUT2D eigenvalue weighted by atomic mass is 9.85. The van der Waals surface area contributed by atoms with Gasteiger partial charge in [0.25, 0.3) is 0 Å². The van der Waals surface area contributed by atoms with E-state index < -0.39 is 10.0 Å². The number of hydrogen-bond acceptors (Lipinski definition) is 2. The minimum Gasteiger partial charge on any atom is -0.207 e. The molecule has 0 aliphatic heterocycles. The second-order valence-corrected chi connectivity index (χ2v) is 8.18. The lowest BCUT2D eigenvalue weighted by Gasteiger charge is -2.31. The van der Waals surface area contributed by atoms with Crippen molar-refractivity contribution in [1.29, 1.82) is 0 Å². The summed E-state index contributed by atoms with van der Waals surface area (Å²) >= 11 is 18.0. The molecule has 0 spiro atoms. The standard InChI is InChI=1S/C14H18Cl3NO2S/c1-2-18(9-10-4-3-5-10)21(19,20)13-7-6-12(16)11(8-15)14(13)17/h6-7,10H,2-5,8-9H2,1H3. The Morgan fingerprint density at radius 3 is 2.43 bits per heavy atom. The third-order valence-corrected chi connectivity index (χ3v) is 7.09. The van der Waals surface area contributed by atoms with Gasteiger partial charge in [-0.15, -0.1) is 11.6 Å². The number of alkyl halides is 1. The van der Waals surface area contributed by atoms with Crippen LogP contribution in [-0.2, 0) is 15.9 Å². The Morgan fingerprint density at radius 1 is 1.29 bits per heavy atom. The van der Waals surface area contributed by atoms with E-state index in [9.17, 15) is 8.42 Å². The molecule has 1 aromatic carbocycles. The van der Waals surface area contributed by atoms with E-state index in [2.05, 4.69) is 0 Å². The number of halogens is 3. The third kappa shape index (κ3) is 3.50. The number of rotatable bonds is 6. The summed E-state index contributed by atoms with van der Waals surface area (Å²) in [5, 5.41) is 0.514. The molecule has 1 aromatic rings. The number of hydrogen-bond donors (Lipinski definition) is 0. The van der Waals surface area contributed by atoms with Crippen molar-refractivity contribution in [2.45, 2.75) is 37.0 Å². The summed E-state index contributed by atoms with van der Waals surface area (Å²) in [4.78, 5) is 0.0883. The van der Waals surface area contributed by atoms with Crippen molar-refractivity contribution in [3.8, 4) is 0 Å². The van der Waals surface area contributed by atoms with Crippen LogP contribution in [0.4, 0.5) is 0 Å². The average Bonchev–Trinajstić information content (AvgIpc) is 2.37. The smallest absolute Gasteiger partial charge is 0.207 e. The Labute approximate surface area is 141 Å². The first-order valence-electron chi connectivity index (χ1n) is 6.94. The Balaban J connectivity index is 2.37. The van der Waals surface area contributed by atoms with E-state index in [0.717, 1.165) is 12.8 Å². The maximum Gasteiger partial charge on any atom is 0.244 e. The molecule has 21 heavy (non-hydrogen) atoms. The van der Waals surface area contributed by atoms with Crippen LogP contribution in [0.15, 0.2) is 17.0 Å². The van der Waals surface area contributed by atoms with Gasteiger partial charge in [-0.25, -0.2) is 8.42 Å². The van der Waals surface area contributed by atoms with Gasteiger partial charge < -0.3 is 0 Å². The highest BCUT2D eigenvalue weighted by Gasteiger charge is 2.30. The van der Waals surface area contributed by atoms with E-state index in [-0.39, 0.29) is 15.8 Å². The average molecular weight is 371 g/mol. The van der Waals surface area contributed by atoms with E-state index in [1.54, 1.807) is 0 Å². The Hall–Kier alpha value is -0.000000000000000167. The van der Waals surface area contributed by atoms with E-state index >= 15 is 0 Å². The first kappa shape index (κ1) is 17.4. The molecule has 0 heterocycles. The van der Waals surface area contributed by atoms with Crippen LogP contribution in [-0.4, -0.2) is 25.8 Å². The zero-order chi connectivity index (χ0) is 15.6. The van der Waals surface area contributed by atoms with Crippen molar-refractivity contribution in [1.82, 2.24) is 4.31 Å². The van der Waals surface area contributed by atoms with Gasteiger partial charge in [-0.3, -0.25) is 0 Å². The fraction of sp³-hybridized carbons (Fsp3) is 0.571. The van der Waals surface area contributed by atoms with Crippen LogP contribution < -0.4 is 0 Å². The van der Waals surface area contributed by atoms with E-state index in [0.29, 0.717) is 29.6 Å². The summed E-state index contributed by atoms with van der Waals surface area (Å²) in [5.41, 5.74) is 0.459. The molecule has 0 bridgehead atoms. The summed E-state index contributed by atoms with van der Waals surface area (Å²) < 4.78 is 27.1. The summed E-state index contributed by atoms with van der Waals surface area (Å²) in [7, 11) is -3.62. The molecule has 118 valence electrons. The zero-order valence-corrected chi connectivity index (χ0v) is 14.9. The van der Waals surface area contributed by atoms with Gasteiger partial charge in [0, 0.05) is 23.7 Å². The molecule has 0 radical (unpaired) electrons. The van der Waals surface area contributed by atoms with Crippen LogP contribution in [0.3, 0.4) is 0 Å². The van der Waals surface area contributed by atoms with Gasteiger partial charge in [-0.2, -0.15) is 4.31 Å². The molecular formula is C14H18Cl3NO2S. The fourth-order valence-electron chi connectivity index (χ4n) is 2.40. The van der Waals surface area contributed by atoms with Crippen molar-refractivity contribution < 1.29 is 8.42 Å². The minimum absolute atomic E-state index is 0.0791. The number of nitrogens with zero attached hydrogens (tertiary/aromatic N) is 1. The molecule has 1 fully saturated rings. The van der Waals surface area contributed by atoms with Crippen molar-refractivity contribution in [3.63, 3.8) is 0 Å². The van der Waals surface area contributed by atoms with E-state index in [4.69, 9.17) is 34.8 Å². The zero-order valence-electron chi connectivity index (χ0n) is 11.8. The second kappa shape index (κ2) is 7.05. The largest absolute Gasteiger partial charge is 0.244 e. The Morgan fingerprint density at radius 2 is 1.95 bits per heavy atom. The number of benzene rings is 1. The van der Waals surface area contributed by atoms with Gasteiger partial charge >= 0.3 is 0 Å². The molecule has 1 aliphatic carbocycles.